The minimum atomic E-state index is -1.00. The Morgan fingerprint density at radius 1 is 0.800 bits per heavy atom. The molecule has 4 aromatic rings. The van der Waals surface area contributed by atoms with Crippen molar-refractivity contribution in [1.82, 2.24) is 9.80 Å². The number of nitrogens with zero attached hydrogens (tertiary/aromatic N) is 2. The van der Waals surface area contributed by atoms with Gasteiger partial charge in [0.1, 0.15) is 6.04 Å². The number of urea groups is 1. The lowest BCUT2D eigenvalue weighted by Gasteiger charge is -2.42. The molecule has 0 bridgehead atoms. The number of anilines is 1. The summed E-state index contributed by atoms with van der Waals surface area (Å²) in [6, 6.07) is 32.9. The summed E-state index contributed by atoms with van der Waals surface area (Å²) in [4.78, 5) is 30.1. The maximum atomic E-state index is 13.4. The van der Waals surface area contributed by atoms with E-state index in [-0.39, 0.29) is 18.2 Å². The average molecular weight is 464 g/mol. The number of cyclic esters (lactones) is 1. The Labute approximate surface area is 203 Å². The van der Waals surface area contributed by atoms with Gasteiger partial charge in [-0.1, -0.05) is 97.1 Å². The third kappa shape index (κ3) is 3.49. The number of ether oxygens (including phenoxy) is 1. The van der Waals surface area contributed by atoms with Gasteiger partial charge in [-0.2, -0.15) is 0 Å². The van der Waals surface area contributed by atoms with Crippen LogP contribution in [0.25, 0.3) is 10.8 Å². The van der Waals surface area contributed by atoms with Crippen molar-refractivity contribution in [3.63, 3.8) is 0 Å². The van der Waals surface area contributed by atoms with Crippen LogP contribution in [0.3, 0.4) is 0 Å². The van der Waals surface area contributed by atoms with Crippen molar-refractivity contribution in [2.75, 3.05) is 25.0 Å². The Morgan fingerprint density at radius 3 is 2.14 bits per heavy atom. The summed E-state index contributed by atoms with van der Waals surface area (Å²) in [5, 5.41) is 5.15. The highest BCUT2D eigenvalue weighted by atomic mass is 16.6. The van der Waals surface area contributed by atoms with Crippen LogP contribution >= 0.6 is 0 Å². The van der Waals surface area contributed by atoms with Gasteiger partial charge in [-0.25, -0.2) is 9.59 Å². The number of hydrogen-bond acceptors (Lipinski definition) is 3. The zero-order valence-electron chi connectivity index (χ0n) is 19.1. The van der Waals surface area contributed by atoms with E-state index in [0.717, 1.165) is 27.6 Å². The predicted octanol–water partition coefficient (Wildman–Crippen LogP) is 5.45. The Balaban J connectivity index is 1.35. The summed E-state index contributed by atoms with van der Waals surface area (Å²) in [5.41, 5.74) is 1.55. The Hall–Kier alpha value is -4.32. The molecule has 174 valence electrons. The highest BCUT2D eigenvalue weighted by Crippen LogP contribution is 2.45. The van der Waals surface area contributed by atoms with E-state index in [4.69, 9.17) is 4.74 Å². The first kappa shape index (κ1) is 21.2. The van der Waals surface area contributed by atoms with Crippen LogP contribution in [0.1, 0.15) is 11.1 Å². The molecule has 0 saturated carbocycles. The van der Waals surface area contributed by atoms with Gasteiger partial charge in [0.25, 0.3) is 0 Å². The Bertz CT molecular complexity index is 1350. The molecule has 0 aliphatic carbocycles. The fraction of sp³-hybridized carbons (Fsp3) is 0.172. The summed E-state index contributed by atoms with van der Waals surface area (Å²) in [5.74, 6) is 0. The number of carbonyl (C=O) groups is 2. The zero-order chi connectivity index (χ0) is 23.8. The van der Waals surface area contributed by atoms with E-state index in [2.05, 4.69) is 5.32 Å². The van der Waals surface area contributed by atoms with E-state index in [1.807, 2.05) is 103 Å². The number of rotatable bonds is 3. The molecule has 3 amide bonds. The molecule has 1 N–H and O–H groups in total. The number of nitrogens with one attached hydrogen (secondary N) is 1. The SMILES string of the molecule is O=C(Nc1cccc2ccccc12)N1CCN2C(=O)OC(c3ccccc3)(c3ccccc3)C2C1. The molecule has 2 aliphatic rings. The third-order valence-electron chi connectivity index (χ3n) is 7.06. The molecule has 6 heteroatoms. The van der Waals surface area contributed by atoms with Crippen LogP contribution in [0.2, 0.25) is 0 Å². The number of carbonyl (C=O) groups excluding carboxylic acids is 2. The first-order valence-electron chi connectivity index (χ1n) is 11.8. The number of fused-ring (bicyclic) bond motifs is 2. The molecule has 1 atom stereocenters. The van der Waals surface area contributed by atoms with Crippen molar-refractivity contribution in [3.05, 3.63) is 114 Å². The first-order valence-corrected chi connectivity index (χ1v) is 11.8. The lowest BCUT2D eigenvalue weighted by molar-refractivity contribution is 0.0525. The van der Waals surface area contributed by atoms with E-state index >= 15 is 0 Å². The molecule has 0 aromatic heterocycles. The van der Waals surface area contributed by atoms with E-state index in [1.54, 1.807) is 9.80 Å². The Kier molecular flexibility index (Phi) is 5.14. The fourth-order valence-corrected chi connectivity index (χ4v) is 5.37. The minimum absolute atomic E-state index is 0.185. The van der Waals surface area contributed by atoms with E-state index < -0.39 is 5.60 Å². The molecule has 6 nitrogen and oxygen atoms in total. The van der Waals surface area contributed by atoms with Crippen LogP contribution in [0.15, 0.2) is 103 Å². The molecule has 0 spiro atoms. The van der Waals surface area contributed by atoms with E-state index in [9.17, 15) is 9.59 Å². The maximum Gasteiger partial charge on any atom is 0.411 e. The van der Waals surface area contributed by atoms with Crippen LogP contribution in [0.4, 0.5) is 15.3 Å². The number of amides is 3. The summed E-state index contributed by atoms with van der Waals surface area (Å²) in [6.45, 7) is 1.20. The predicted molar refractivity (Wildman–Crippen MR) is 135 cm³/mol. The number of benzene rings is 4. The largest absolute Gasteiger partial charge is 0.431 e. The number of hydrogen-bond donors (Lipinski definition) is 1. The standard InChI is InChI=1S/C29H25N3O3/c33-27(30-25-17-9-11-21-10-7-8-16-24(21)25)31-18-19-32-26(20-31)29(35-28(32)34,22-12-3-1-4-13-22)23-14-5-2-6-15-23/h1-17,26H,18-20H2,(H,30,33). The van der Waals surface area contributed by atoms with Gasteiger partial charge in [0.2, 0.25) is 0 Å². The van der Waals surface area contributed by atoms with Crippen LogP contribution in [0, 0.1) is 0 Å². The quantitative estimate of drug-likeness (QED) is 0.439. The van der Waals surface area contributed by atoms with E-state index in [1.165, 1.54) is 0 Å². The molecule has 2 fully saturated rings. The van der Waals surface area contributed by atoms with Crippen molar-refractivity contribution in [3.8, 4) is 0 Å². The second-order valence-electron chi connectivity index (χ2n) is 8.95. The average Bonchev–Trinajstić information content (AvgIpc) is 3.22. The second-order valence-corrected chi connectivity index (χ2v) is 8.95. The van der Waals surface area contributed by atoms with Crippen LogP contribution < -0.4 is 5.32 Å². The Morgan fingerprint density at radius 2 is 1.43 bits per heavy atom. The lowest BCUT2D eigenvalue weighted by Crippen LogP contribution is -2.59. The van der Waals surface area contributed by atoms with Crippen molar-refractivity contribution >= 4 is 28.6 Å². The molecule has 6 rings (SSSR count). The van der Waals surface area contributed by atoms with Gasteiger partial charge in [-0.3, -0.25) is 4.90 Å². The van der Waals surface area contributed by atoms with Crippen molar-refractivity contribution < 1.29 is 14.3 Å². The van der Waals surface area contributed by atoms with Gasteiger partial charge in [-0.15, -0.1) is 0 Å². The van der Waals surface area contributed by atoms with Crippen molar-refractivity contribution in [2.24, 2.45) is 0 Å². The third-order valence-corrected chi connectivity index (χ3v) is 7.06. The highest BCUT2D eigenvalue weighted by molar-refractivity contribution is 6.01. The monoisotopic (exact) mass is 463 g/mol. The molecule has 4 aromatic carbocycles. The van der Waals surface area contributed by atoms with E-state index in [0.29, 0.717) is 19.6 Å². The van der Waals surface area contributed by atoms with Gasteiger partial charge in [0.15, 0.2) is 5.60 Å². The topological polar surface area (TPSA) is 61.9 Å². The van der Waals surface area contributed by atoms with Gasteiger partial charge in [0.05, 0.1) is 5.69 Å². The van der Waals surface area contributed by atoms with Gasteiger partial charge in [-0.05, 0) is 11.5 Å². The second kappa shape index (κ2) is 8.47. The zero-order valence-corrected chi connectivity index (χ0v) is 19.1. The first-order chi connectivity index (χ1) is 17.2. The molecule has 2 aliphatic heterocycles. The molecule has 2 heterocycles. The van der Waals surface area contributed by atoms with Crippen molar-refractivity contribution in [2.45, 2.75) is 11.6 Å². The van der Waals surface area contributed by atoms with Crippen LogP contribution in [-0.4, -0.2) is 47.6 Å². The van der Waals surface area contributed by atoms with Gasteiger partial charge in [0, 0.05) is 36.1 Å². The summed E-state index contributed by atoms with van der Waals surface area (Å²) < 4.78 is 6.20. The maximum absolute atomic E-state index is 13.4. The summed E-state index contributed by atoms with van der Waals surface area (Å²) >= 11 is 0. The van der Waals surface area contributed by atoms with Crippen LogP contribution in [0.5, 0.6) is 0 Å². The van der Waals surface area contributed by atoms with Gasteiger partial charge >= 0.3 is 12.1 Å². The smallest absolute Gasteiger partial charge is 0.411 e. The molecule has 2 saturated heterocycles. The fourth-order valence-electron chi connectivity index (χ4n) is 5.37. The van der Waals surface area contributed by atoms with Gasteiger partial charge < -0.3 is 15.0 Å². The highest BCUT2D eigenvalue weighted by Gasteiger charge is 2.58. The normalized spacial score (nSPS) is 18.7. The molecular weight excluding hydrogens is 438 g/mol. The minimum Gasteiger partial charge on any atom is -0.431 e. The molecule has 35 heavy (non-hydrogen) atoms. The molecule has 1 unspecified atom stereocenters. The number of piperazine rings is 1. The van der Waals surface area contributed by atoms with Crippen LogP contribution in [-0.2, 0) is 10.3 Å². The van der Waals surface area contributed by atoms with Crippen molar-refractivity contribution in [1.29, 1.82) is 0 Å². The summed E-state index contributed by atoms with van der Waals surface area (Å²) in [7, 11) is 0. The molecular formula is C29H25N3O3. The molecule has 0 radical (unpaired) electrons. The lowest BCUT2D eigenvalue weighted by atomic mass is 9.79. The summed E-state index contributed by atoms with van der Waals surface area (Å²) in [6.07, 6.45) is -0.350.